The van der Waals surface area contributed by atoms with Crippen molar-refractivity contribution < 1.29 is 14.7 Å². The van der Waals surface area contributed by atoms with Crippen LogP contribution in [-0.4, -0.2) is 23.5 Å². The Balaban J connectivity index is 2.01. The Morgan fingerprint density at radius 3 is 2.52 bits per heavy atom. The minimum Gasteiger partial charge on any atom is -0.481 e. The average Bonchev–Trinajstić information content (AvgIpc) is 2.67. The summed E-state index contributed by atoms with van der Waals surface area (Å²) in [7, 11) is 0. The van der Waals surface area contributed by atoms with Crippen molar-refractivity contribution in [1.29, 1.82) is 5.26 Å². The number of carbonyl (C=O) groups is 2. The van der Waals surface area contributed by atoms with E-state index >= 15 is 0 Å². The van der Waals surface area contributed by atoms with E-state index in [0.29, 0.717) is 6.42 Å². The van der Waals surface area contributed by atoms with Gasteiger partial charge in [-0.2, -0.15) is 5.26 Å². The number of amides is 1. The maximum absolute atomic E-state index is 12.0. The zero-order valence-corrected chi connectivity index (χ0v) is 15.3. The fourth-order valence-electron chi connectivity index (χ4n) is 2.13. The predicted octanol–water partition coefficient (Wildman–Crippen LogP) is 3.64. The van der Waals surface area contributed by atoms with Crippen LogP contribution in [0.2, 0.25) is 0 Å². The van der Waals surface area contributed by atoms with E-state index in [0.717, 1.165) is 15.5 Å². The van der Waals surface area contributed by atoms with Crippen molar-refractivity contribution in [2.75, 3.05) is 11.9 Å². The first-order valence-corrected chi connectivity index (χ1v) is 9.10. The molecule has 7 heteroatoms. The number of anilines is 1. The number of para-hydroxylation sites is 1. The molecule has 2 aromatic carbocycles. The van der Waals surface area contributed by atoms with Gasteiger partial charge in [0.05, 0.1) is 5.69 Å². The Labute approximate surface area is 161 Å². The zero-order chi connectivity index (χ0) is 19.5. The topological polar surface area (TPSA) is 102 Å². The number of carbonyl (C=O) groups excluding carboxylic acids is 1. The minimum absolute atomic E-state index is 0.0335. The lowest BCUT2D eigenvalue weighted by Gasteiger charge is -2.09. The molecule has 0 spiro atoms. The molecule has 0 radical (unpaired) electrons. The van der Waals surface area contributed by atoms with Crippen molar-refractivity contribution >= 4 is 29.3 Å². The molecular weight excluding hydrogens is 362 g/mol. The number of nitrogens with one attached hydrogen (secondary N) is 2. The first kappa shape index (κ1) is 20.1. The molecule has 0 atom stereocenters. The smallest absolute Gasteiger partial charge is 0.303 e. The van der Waals surface area contributed by atoms with Gasteiger partial charge in [0, 0.05) is 29.0 Å². The van der Waals surface area contributed by atoms with Crippen LogP contribution in [-0.2, 0) is 9.59 Å². The van der Waals surface area contributed by atoms with Gasteiger partial charge in [-0.1, -0.05) is 42.1 Å². The Morgan fingerprint density at radius 1 is 1.11 bits per heavy atom. The molecule has 0 aromatic heterocycles. The van der Waals surface area contributed by atoms with E-state index in [2.05, 4.69) is 10.6 Å². The number of nitriles is 1. The third-order valence-electron chi connectivity index (χ3n) is 3.45. The van der Waals surface area contributed by atoms with Gasteiger partial charge in [-0.25, -0.2) is 0 Å². The molecule has 2 aromatic rings. The van der Waals surface area contributed by atoms with Gasteiger partial charge in [0.15, 0.2) is 0 Å². The van der Waals surface area contributed by atoms with Crippen molar-refractivity contribution in [1.82, 2.24) is 5.32 Å². The standard InChI is InChI=1S/C20H19N3O3S/c21-13-15(20(26)22-12-6-11-19(24)25)14-23-17-9-4-5-10-18(17)27-16-7-2-1-3-8-16/h1-5,7-10,14,23H,6,11-12H2,(H,22,26)(H,24,25)/b15-14-. The van der Waals surface area contributed by atoms with Crippen LogP contribution in [0.5, 0.6) is 0 Å². The largest absolute Gasteiger partial charge is 0.481 e. The van der Waals surface area contributed by atoms with E-state index in [1.165, 1.54) is 6.20 Å². The molecule has 6 nitrogen and oxygen atoms in total. The van der Waals surface area contributed by atoms with Gasteiger partial charge in [0.2, 0.25) is 0 Å². The molecular formula is C20H19N3O3S. The predicted molar refractivity (Wildman–Crippen MR) is 104 cm³/mol. The Bertz CT molecular complexity index is 860. The summed E-state index contributed by atoms with van der Waals surface area (Å²) in [6, 6.07) is 19.3. The molecule has 27 heavy (non-hydrogen) atoms. The summed E-state index contributed by atoms with van der Waals surface area (Å²) < 4.78 is 0. The van der Waals surface area contributed by atoms with Crippen LogP contribution >= 0.6 is 11.8 Å². The van der Waals surface area contributed by atoms with E-state index < -0.39 is 11.9 Å². The van der Waals surface area contributed by atoms with Crippen LogP contribution in [0.25, 0.3) is 0 Å². The van der Waals surface area contributed by atoms with Crippen LogP contribution in [0.1, 0.15) is 12.8 Å². The molecule has 0 saturated heterocycles. The lowest BCUT2D eigenvalue weighted by molar-refractivity contribution is -0.137. The van der Waals surface area contributed by atoms with Crippen LogP contribution < -0.4 is 10.6 Å². The number of hydrogen-bond donors (Lipinski definition) is 3. The maximum atomic E-state index is 12.0. The lowest BCUT2D eigenvalue weighted by Crippen LogP contribution is -2.26. The number of rotatable bonds is 9. The van der Waals surface area contributed by atoms with E-state index in [4.69, 9.17) is 5.11 Å². The number of carboxylic acid groups (broad SMARTS) is 1. The lowest BCUT2D eigenvalue weighted by atomic mass is 10.2. The Hall–Kier alpha value is -3.24. The van der Waals surface area contributed by atoms with E-state index in [1.807, 2.05) is 60.7 Å². The normalized spacial score (nSPS) is 10.7. The SMILES string of the molecule is N#C/C(=C/Nc1ccccc1Sc1ccccc1)C(=O)NCCCC(=O)O. The first-order valence-electron chi connectivity index (χ1n) is 8.29. The van der Waals surface area contributed by atoms with Gasteiger partial charge in [-0.15, -0.1) is 0 Å². The second kappa shape index (κ2) is 10.7. The quantitative estimate of drug-likeness (QED) is 0.348. The number of hydrogen-bond acceptors (Lipinski definition) is 5. The molecule has 0 bridgehead atoms. The highest BCUT2D eigenvalue weighted by Gasteiger charge is 2.09. The second-order valence-corrected chi connectivity index (χ2v) is 6.59. The molecule has 2 rings (SSSR count). The van der Waals surface area contributed by atoms with Gasteiger partial charge in [0.1, 0.15) is 11.6 Å². The maximum Gasteiger partial charge on any atom is 0.303 e. The highest BCUT2D eigenvalue weighted by molar-refractivity contribution is 7.99. The van der Waals surface area contributed by atoms with Crippen molar-refractivity contribution in [3.63, 3.8) is 0 Å². The first-order chi connectivity index (χ1) is 13.1. The zero-order valence-electron chi connectivity index (χ0n) is 14.5. The van der Waals surface area contributed by atoms with Gasteiger partial charge in [-0.05, 0) is 30.7 Å². The van der Waals surface area contributed by atoms with Crippen molar-refractivity contribution in [2.45, 2.75) is 22.6 Å². The van der Waals surface area contributed by atoms with Crippen LogP contribution in [0.15, 0.2) is 76.2 Å². The molecule has 0 heterocycles. The summed E-state index contributed by atoms with van der Waals surface area (Å²) in [5.74, 6) is -1.46. The van der Waals surface area contributed by atoms with Gasteiger partial charge in [0.25, 0.3) is 5.91 Å². The summed E-state index contributed by atoms with van der Waals surface area (Å²) in [4.78, 5) is 24.5. The number of benzene rings is 2. The molecule has 0 aliphatic heterocycles. The van der Waals surface area contributed by atoms with Crippen molar-refractivity contribution in [3.8, 4) is 6.07 Å². The fourth-order valence-corrected chi connectivity index (χ4v) is 3.06. The second-order valence-electron chi connectivity index (χ2n) is 5.48. The summed E-state index contributed by atoms with van der Waals surface area (Å²) in [6.45, 7) is 0.199. The van der Waals surface area contributed by atoms with Gasteiger partial charge in [-0.3, -0.25) is 9.59 Å². The highest BCUT2D eigenvalue weighted by Crippen LogP contribution is 2.33. The van der Waals surface area contributed by atoms with Crippen LogP contribution in [0.3, 0.4) is 0 Å². The van der Waals surface area contributed by atoms with E-state index in [1.54, 1.807) is 11.8 Å². The Kier molecular flexibility index (Phi) is 7.94. The Morgan fingerprint density at radius 2 is 1.81 bits per heavy atom. The van der Waals surface area contributed by atoms with E-state index in [9.17, 15) is 14.9 Å². The third kappa shape index (κ3) is 6.88. The van der Waals surface area contributed by atoms with Crippen molar-refractivity contribution in [2.24, 2.45) is 0 Å². The number of carboxylic acids is 1. The molecule has 0 aliphatic rings. The number of aliphatic carboxylic acids is 1. The molecule has 0 aliphatic carbocycles. The molecule has 138 valence electrons. The van der Waals surface area contributed by atoms with Gasteiger partial charge < -0.3 is 15.7 Å². The summed E-state index contributed by atoms with van der Waals surface area (Å²) in [5, 5.41) is 23.3. The monoisotopic (exact) mass is 381 g/mol. The summed E-state index contributed by atoms with van der Waals surface area (Å²) in [5.41, 5.74) is 0.697. The van der Waals surface area contributed by atoms with Crippen LogP contribution in [0.4, 0.5) is 5.69 Å². The molecule has 0 fully saturated rings. The summed E-state index contributed by atoms with van der Waals surface area (Å²) in [6.07, 6.45) is 1.63. The highest BCUT2D eigenvalue weighted by atomic mass is 32.2. The van der Waals surface area contributed by atoms with Crippen molar-refractivity contribution in [3.05, 3.63) is 66.4 Å². The average molecular weight is 381 g/mol. The fraction of sp³-hybridized carbons (Fsp3) is 0.150. The minimum atomic E-state index is -0.922. The molecule has 0 unspecified atom stereocenters. The molecule has 3 N–H and O–H groups in total. The van der Waals surface area contributed by atoms with E-state index in [-0.39, 0.29) is 18.5 Å². The number of nitrogens with zero attached hydrogens (tertiary/aromatic N) is 1. The van der Waals surface area contributed by atoms with Crippen LogP contribution in [0, 0.1) is 11.3 Å². The molecule has 0 saturated carbocycles. The van der Waals surface area contributed by atoms with Gasteiger partial charge >= 0.3 is 5.97 Å². The third-order valence-corrected chi connectivity index (χ3v) is 4.53. The molecule has 1 amide bonds. The summed E-state index contributed by atoms with van der Waals surface area (Å²) >= 11 is 1.57.